The fourth-order valence-electron chi connectivity index (χ4n) is 2.46. The van der Waals surface area contributed by atoms with Crippen LogP contribution in [0.2, 0.25) is 5.28 Å². The van der Waals surface area contributed by atoms with Gasteiger partial charge in [-0.05, 0) is 41.9 Å². The zero-order valence-electron chi connectivity index (χ0n) is 12.0. The molecule has 0 spiro atoms. The zero-order chi connectivity index (χ0) is 15.6. The van der Waals surface area contributed by atoms with Gasteiger partial charge < -0.3 is 0 Å². The molecule has 0 saturated carbocycles. The van der Waals surface area contributed by atoms with Crippen LogP contribution in [-0.2, 0) is 0 Å². The van der Waals surface area contributed by atoms with Crippen molar-refractivity contribution < 1.29 is 0 Å². The third kappa shape index (κ3) is 2.64. The van der Waals surface area contributed by atoms with E-state index >= 15 is 0 Å². The van der Waals surface area contributed by atoms with Crippen LogP contribution in [0.1, 0.15) is 0 Å². The fraction of sp³-hybridized carbons (Fsp3) is 0. The van der Waals surface area contributed by atoms with Gasteiger partial charge in [0.2, 0.25) is 5.28 Å². The van der Waals surface area contributed by atoms with E-state index in [9.17, 15) is 0 Å². The SMILES string of the molecule is Clc1nc(-c2ccc(-c3ccccn3)cn2)c2ccccc2n1. The molecule has 4 aromatic rings. The lowest BCUT2D eigenvalue weighted by Gasteiger charge is -2.06. The second-order valence-corrected chi connectivity index (χ2v) is 5.34. The number of aromatic nitrogens is 4. The Morgan fingerprint density at radius 2 is 1.61 bits per heavy atom. The molecule has 3 heterocycles. The summed E-state index contributed by atoms with van der Waals surface area (Å²) in [6.07, 6.45) is 3.56. The Kier molecular flexibility index (Phi) is 3.44. The molecule has 0 aliphatic heterocycles. The number of hydrogen-bond acceptors (Lipinski definition) is 4. The predicted molar refractivity (Wildman–Crippen MR) is 91.0 cm³/mol. The lowest BCUT2D eigenvalue weighted by molar-refractivity contribution is 1.19. The van der Waals surface area contributed by atoms with Crippen LogP contribution in [0.4, 0.5) is 0 Å². The molecule has 5 heteroatoms. The maximum absolute atomic E-state index is 6.04. The van der Waals surface area contributed by atoms with Crippen molar-refractivity contribution in [2.24, 2.45) is 0 Å². The molecule has 1 aromatic carbocycles. The molecule has 0 radical (unpaired) electrons. The highest BCUT2D eigenvalue weighted by molar-refractivity contribution is 6.28. The Balaban J connectivity index is 1.83. The molecule has 0 bridgehead atoms. The Morgan fingerprint density at radius 1 is 0.739 bits per heavy atom. The Labute approximate surface area is 137 Å². The monoisotopic (exact) mass is 318 g/mol. The molecule has 4 rings (SSSR count). The molecule has 0 fully saturated rings. The summed E-state index contributed by atoms with van der Waals surface area (Å²) in [7, 11) is 0. The molecule has 0 unspecified atom stereocenters. The summed E-state index contributed by atoms with van der Waals surface area (Å²) in [5, 5.41) is 1.14. The molecule has 110 valence electrons. The van der Waals surface area contributed by atoms with Crippen molar-refractivity contribution in [2.75, 3.05) is 0 Å². The van der Waals surface area contributed by atoms with Gasteiger partial charge in [0.1, 0.15) is 5.69 Å². The van der Waals surface area contributed by atoms with Crippen LogP contribution >= 0.6 is 11.6 Å². The van der Waals surface area contributed by atoms with Gasteiger partial charge in [-0.25, -0.2) is 9.97 Å². The number of nitrogens with zero attached hydrogens (tertiary/aromatic N) is 4. The van der Waals surface area contributed by atoms with E-state index < -0.39 is 0 Å². The average molecular weight is 319 g/mol. The molecule has 0 saturated heterocycles. The minimum Gasteiger partial charge on any atom is -0.256 e. The molecular weight excluding hydrogens is 308 g/mol. The van der Waals surface area contributed by atoms with Gasteiger partial charge in [0.15, 0.2) is 0 Å². The van der Waals surface area contributed by atoms with E-state index in [4.69, 9.17) is 11.6 Å². The highest BCUT2D eigenvalue weighted by Crippen LogP contribution is 2.27. The first-order valence-corrected chi connectivity index (χ1v) is 7.49. The van der Waals surface area contributed by atoms with Crippen LogP contribution in [0.5, 0.6) is 0 Å². The van der Waals surface area contributed by atoms with Crippen LogP contribution in [0.3, 0.4) is 0 Å². The first-order valence-electron chi connectivity index (χ1n) is 7.11. The van der Waals surface area contributed by atoms with Gasteiger partial charge in [-0.3, -0.25) is 9.97 Å². The quantitative estimate of drug-likeness (QED) is 0.514. The van der Waals surface area contributed by atoms with Crippen molar-refractivity contribution in [1.82, 2.24) is 19.9 Å². The highest BCUT2D eigenvalue weighted by Gasteiger charge is 2.10. The molecule has 0 atom stereocenters. The summed E-state index contributed by atoms with van der Waals surface area (Å²) in [4.78, 5) is 17.5. The molecule has 3 aromatic heterocycles. The van der Waals surface area contributed by atoms with Gasteiger partial charge >= 0.3 is 0 Å². The van der Waals surface area contributed by atoms with E-state index in [1.54, 1.807) is 12.4 Å². The third-order valence-electron chi connectivity index (χ3n) is 3.54. The molecule has 0 N–H and O–H groups in total. The summed E-state index contributed by atoms with van der Waals surface area (Å²) >= 11 is 6.04. The van der Waals surface area contributed by atoms with E-state index in [0.717, 1.165) is 33.5 Å². The molecule has 4 nitrogen and oxygen atoms in total. The van der Waals surface area contributed by atoms with Crippen LogP contribution in [0.15, 0.2) is 67.0 Å². The first kappa shape index (κ1) is 13.8. The van der Waals surface area contributed by atoms with Gasteiger partial charge in [-0.2, -0.15) is 0 Å². The molecule has 0 aliphatic carbocycles. The fourth-order valence-corrected chi connectivity index (χ4v) is 2.64. The van der Waals surface area contributed by atoms with Gasteiger partial charge in [0.05, 0.1) is 16.9 Å². The van der Waals surface area contributed by atoms with E-state index in [-0.39, 0.29) is 5.28 Å². The number of fused-ring (bicyclic) bond motifs is 1. The number of halogens is 1. The van der Waals surface area contributed by atoms with Crippen molar-refractivity contribution >= 4 is 22.5 Å². The maximum Gasteiger partial charge on any atom is 0.223 e. The van der Waals surface area contributed by atoms with Crippen molar-refractivity contribution in [3.63, 3.8) is 0 Å². The second-order valence-electron chi connectivity index (χ2n) is 5.01. The van der Waals surface area contributed by atoms with Crippen molar-refractivity contribution in [3.8, 4) is 22.6 Å². The highest BCUT2D eigenvalue weighted by atomic mass is 35.5. The Bertz CT molecular complexity index is 969. The van der Waals surface area contributed by atoms with Gasteiger partial charge in [0, 0.05) is 23.3 Å². The Morgan fingerprint density at radius 3 is 2.39 bits per heavy atom. The topological polar surface area (TPSA) is 51.6 Å². The third-order valence-corrected chi connectivity index (χ3v) is 3.71. The largest absolute Gasteiger partial charge is 0.256 e. The molecule has 0 amide bonds. The number of pyridine rings is 2. The second kappa shape index (κ2) is 5.74. The smallest absolute Gasteiger partial charge is 0.223 e. The number of para-hydroxylation sites is 1. The summed E-state index contributed by atoms with van der Waals surface area (Å²) in [5.41, 5.74) is 4.13. The van der Waals surface area contributed by atoms with E-state index in [1.165, 1.54) is 0 Å². The van der Waals surface area contributed by atoms with Crippen molar-refractivity contribution in [1.29, 1.82) is 0 Å². The lowest BCUT2D eigenvalue weighted by atomic mass is 10.1. The van der Waals surface area contributed by atoms with Crippen LogP contribution in [-0.4, -0.2) is 19.9 Å². The zero-order valence-corrected chi connectivity index (χ0v) is 12.8. The number of benzene rings is 1. The van der Waals surface area contributed by atoms with E-state index in [0.29, 0.717) is 0 Å². The van der Waals surface area contributed by atoms with Gasteiger partial charge in [-0.1, -0.05) is 24.3 Å². The minimum absolute atomic E-state index is 0.217. The number of hydrogen-bond donors (Lipinski definition) is 0. The summed E-state index contributed by atoms with van der Waals surface area (Å²) in [5.74, 6) is 0. The number of rotatable bonds is 2. The summed E-state index contributed by atoms with van der Waals surface area (Å²) < 4.78 is 0. The van der Waals surface area contributed by atoms with Crippen molar-refractivity contribution in [3.05, 3.63) is 72.3 Å². The summed E-state index contributed by atoms with van der Waals surface area (Å²) in [6, 6.07) is 17.5. The van der Waals surface area contributed by atoms with Crippen molar-refractivity contribution in [2.45, 2.75) is 0 Å². The van der Waals surface area contributed by atoms with E-state index in [2.05, 4.69) is 19.9 Å². The molecular formula is C18H11ClN4. The normalized spacial score (nSPS) is 10.8. The minimum atomic E-state index is 0.217. The maximum atomic E-state index is 6.04. The first-order chi connectivity index (χ1) is 11.3. The van der Waals surface area contributed by atoms with Gasteiger partial charge in [0.25, 0.3) is 0 Å². The molecule has 0 aliphatic rings. The van der Waals surface area contributed by atoms with Gasteiger partial charge in [-0.15, -0.1) is 0 Å². The molecule has 23 heavy (non-hydrogen) atoms. The summed E-state index contributed by atoms with van der Waals surface area (Å²) in [6.45, 7) is 0. The van der Waals surface area contributed by atoms with Crippen LogP contribution in [0.25, 0.3) is 33.5 Å². The average Bonchev–Trinajstić information content (AvgIpc) is 2.62. The van der Waals surface area contributed by atoms with Crippen LogP contribution < -0.4 is 0 Å². The van der Waals surface area contributed by atoms with E-state index in [1.807, 2.05) is 54.6 Å². The lowest BCUT2D eigenvalue weighted by Crippen LogP contribution is -1.93. The predicted octanol–water partition coefficient (Wildman–Crippen LogP) is 4.41. The van der Waals surface area contributed by atoms with Crippen LogP contribution in [0, 0.1) is 0 Å². The standard InChI is InChI=1S/C18H11ClN4/c19-18-22-15-7-2-1-5-13(15)17(23-18)16-9-8-12(11-21-16)14-6-3-4-10-20-14/h1-11H. The Hall–Kier alpha value is -2.85.